The molecule has 0 aromatic heterocycles. The van der Waals surface area contributed by atoms with Crippen LogP contribution in [0.5, 0.6) is 0 Å². The average molecular weight is 443 g/mol. The Kier molecular flexibility index (Phi) is 18.6. The monoisotopic (exact) mass is 442 g/mol. The van der Waals surface area contributed by atoms with E-state index >= 15 is 0 Å². The third kappa shape index (κ3) is 15.1. The number of allylic oxidation sites excluding steroid dienone is 2. The topological polar surface area (TPSA) is 79.2 Å². The van der Waals surface area contributed by atoms with Crippen LogP contribution in [0.25, 0.3) is 0 Å². The van der Waals surface area contributed by atoms with Gasteiger partial charge in [-0.1, -0.05) is 89.7 Å². The van der Waals surface area contributed by atoms with Crippen LogP contribution in [-0.4, -0.2) is 59.6 Å². The highest BCUT2D eigenvalue weighted by Gasteiger charge is 2.39. The van der Waals surface area contributed by atoms with Crippen molar-refractivity contribution in [2.24, 2.45) is 0 Å². The Morgan fingerprint density at radius 2 is 1.32 bits per heavy atom. The van der Waals surface area contributed by atoms with E-state index < -0.39 is 24.4 Å². The van der Waals surface area contributed by atoms with Crippen LogP contribution in [0.4, 0.5) is 0 Å². The van der Waals surface area contributed by atoms with Crippen LogP contribution in [0.15, 0.2) is 12.2 Å². The summed E-state index contributed by atoms with van der Waals surface area (Å²) in [7, 11) is 0. The van der Waals surface area contributed by atoms with E-state index in [-0.39, 0.29) is 13.2 Å². The van der Waals surface area contributed by atoms with Crippen LogP contribution >= 0.6 is 0 Å². The van der Waals surface area contributed by atoms with E-state index in [1.165, 1.54) is 89.9 Å². The smallest absolute Gasteiger partial charge is 0.114 e. The zero-order valence-corrected chi connectivity index (χ0v) is 20.1. The summed E-state index contributed by atoms with van der Waals surface area (Å²) < 4.78 is 10.7. The van der Waals surface area contributed by atoms with Crippen LogP contribution in [-0.2, 0) is 9.47 Å². The summed E-state index contributed by atoms with van der Waals surface area (Å²) in [4.78, 5) is 0. The first-order chi connectivity index (χ1) is 15.2. The minimum Gasteiger partial charge on any atom is -0.388 e. The standard InChI is InChI=1S/C26H50O5/c1-2-3-4-5-6-7-8-9-10-11-12-13-14-15-16-17-18-19-20-30-21-24(28)26-25(29)23(27)22-31-26/h6-7,23-29H,2-5,8-22H2,1H3/b7-6+/t23-,24+,25-,26-/m0/s1. The molecule has 1 saturated heterocycles. The molecule has 0 aromatic rings. The summed E-state index contributed by atoms with van der Waals surface area (Å²) in [6.45, 7) is 3.09. The highest BCUT2D eigenvalue weighted by Crippen LogP contribution is 2.18. The van der Waals surface area contributed by atoms with Crippen LogP contribution in [0.1, 0.15) is 110 Å². The van der Waals surface area contributed by atoms with Gasteiger partial charge in [-0.2, -0.15) is 0 Å². The SMILES string of the molecule is CCCCC/C=C/CCCCCCCCCCCCCOC[C@@H](O)[C@@H]1OC[C@H](O)[C@@H]1O. The van der Waals surface area contributed by atoms with Gasteiger partial charge < -0.3 is 24.8 Å². The van der Waals surface area contributed by atoms with Gasteiger partial charge in [-0.15, -0.1) is 0 Å². The minimum absolute atomic E-state index is 0.0692. The molecule has 5 heteroatoms. The third-order valence-corrected chi connectivity index (χ3v) is 6.16. The van der Waals surface area contributed by atoms with Gasteiger partial charge in [-0.25, -0.2) is 0 Å². The first-order valence-electron chi connectivity index (χ1n) is 13.0. The summed E-state index contributed by atoms with van der Waals surface area (Å²) in [5, 5.41) is 29.1. The quantitative estimate of drug-likeness (QED) is 0.166. The van der Waals surface area contributed by atoms with Crippen molar-refractivity contribution in [3.05, 3.63) is 12.2 Å². The predicted molar refractivity (Wildman–Crippen MR) is 127 cm³/mol. The molecule has 3 N–H and O–H groups in total. The Morgan fingerprint density at radius 3 is 1.84 bits per heavy atom. The van der Waals surface area contributed by atoms with E-state index in [1.807, 2.05) is 0 Å². The van der Waals surface area contributed by atoms with Gasteiger partial charge in [0.25, 0.3) is 0 Å². The first-order valence-corrected chi connectivity index (χ1v) is 13.0. The van der Waals surface area contributed by atoms with E-state index in [0.717, 1.165) is 12.8 Å². The second-order valence-electron chi connectivity index (χ2n) is 9.14. The van der Waals surface area contributed by atoms with Gasteiger partial charge in [0, 0.05) is 6.61 Å². The van der Waals surface area contributed by atoms with Crippen LogP contribution < -0.4 is 0 Å². The van der Waals surface area contributed by atoms with E-state index in [1.54, 1.807) is 0 Å². The number of unbranched alkanes of at least 4 members (excludes halogenated alkanes) is 14. The zero-order valence-electron chi connectivity index (χ0n) is 20.1. The summed E-state index contributed by atoms with van der Waals surface area (Å²) in [5.41, 5.74) is 0. The van der Waals surface area contributed by atoms with Gasteiger partial charge in [0.05, 0.1) is 13.2 Å². The molecule has 1 aliphatic rings. The Labute approximate surface area is 191 Å². The fraction of sp³-hybridized carbons (Fsp3) is 0.923. The molecule has 1 fully saturated rings. The summed E-state index contributed by atoms with van der Waals surface area (Å²) >= 11 is 0. The van der Waals surface area contributed by atoms with Crippen LogP contribution in [0.3, 0.4) is 0 Å². The summed E-state index contributed by atoms with van der Waals surface area (Å²) in [5.74, 6) is 0. The number of rotatable bonds is 21. The molecule has 0 amide bonds. The first kappa shape index (κ1) is 28.6. The van der Waals surface area contributed by atoms with Crippen molar-refractivity contribution >= 4 is 0 Å². The molecule has 1 heterocycles. The van der Waals surface area contributed by atoms with Crippen molar-refractivity contribution in [3.63, 3.8) is 0 Å². The number of aliphatic hydroxyl groups is 3. The second kappa shape index (κ2) is 20.2. The number of hydrogen-bond donors (Lipinski definition) is 3. The Bertz CT molecular complexity index is 415. The van der Waals surface area contributed by atoms with Gasteiger partial charge in [0.2, 0.25) is 0 Å². The van der Waals surface area contributed by atoms with E-state index in [0.29, 0.717) is 6.61 Å². The molecule has 0 spiro atoms. The van der Waals surface area contributed by atoms with Crippen molar-refractivity contribution < 1.29 is 24.8 Å². The van der Waals surface area contributed by atoms with Gasteiger partial charge in [0.15, 0.2) is 0 Å². The van der Waals surface area contributed by atoms with Crippen LogP contribution in [0.2, 0.25) is 0 Å². The van der Waals surface area contributed by atoms with E-state index in [2.05, 4.69) is 19.1 Å². The molecule has 0 aromatic carbocycles. The van der Waals surface area contributed by atoms with Gasteiger partial charge in [-0.05, 0) is 32.1 Å². The maximum Gasteiger partial charge on any atom is 0.114 e. The molecule has 0 unspecified atom stereocenters. The molecule has 0 aliphatic carbocycles. The minimum atomic E-state index is -1.03. The molecule has 5 nitrogen and oxygen atoms in total. The predicted octanol–water partition coefficient (Wildman–Crippen LogP) is 5.30. The Morgan fingerprint density at radius 1 is 0.806 bits per heavy atom. The highest BCUT2D eigenvalue weighted by molar-refractivity contribution is 4.87. The fourth-order valence-corrected chi connectivity index (χ4v) is 4.07. The summed E-state index contributed by atoms with van der Waals surface area (Å²) in [6.07, 6.45) is 22.0. The molecule has 0 bridgehead atoms. The maximum absolute atomic E-state index is 9.96. The molecule has 0 saturated carbocycles. The van der Waals surface area contributed by atoms with E-state index in [4.69, 9.17) is 9.47 Å². The lowest BCUT2D eigenvalue weighted by atomic mass is 10.0. The fourth-order valence-electron chi connectivity index (χ4n) is 4.07. The van der Waals surface area contributed by atoms with Crippen molar-refractivity contribution in [2.45, 2.75) is 134 Å². The molecule has 31 heavy (non-hydrogen) atoms. The number of hydrogen-bond acceptors (Lipinski definition) is 5. The highest BCUT2D eigenvalue weighted by atomic mass is 16.5. The van der Waals surface area contributed by atoms with Gasteiger partial charge in [-0.3, -0.25) is 0 Å². The Balaban J connectivity index is 1.74. The number of aliphatic hydroxyl groups excluding tert-OH is 3. The normalized spacial score (nSPS) is 22.5. The molecular formula is C26H50O5. The maximum atomic E-state index is 9.96. The molecule has 184 valence electrons. The second-order valence-corrected chi connectivity index (χ2v) is 9.14. The largest absolute Gasteiger partial charge is 0.388 e. The molecule has 1 rings (SSSR count). The van der Waals surface area contributed by atoms with Crippen LogP contribution in [0, 0.1) is 0 Å². The molecule has 0 radical (unpaired) electrons. The molecule has 4 atom stereocenters. The lowest BCUT2D eigenvalue weighted by molar-refractivity contribution is -0.0813. The molecular weight excluding hydrogens is 392 g/mol. The van der Waals surface area contributed by atoms with Gasteiger partial charge >= 0.3 is 0 Å². The lowest BCUT2D eigenvalue weighted by Crippen LogP contribution is -2.40. The lowest BCUT2D eigenvalue weighted by Gasteiger charge is -2.20. The molecule has 1 aliphatic heterocycles. The number of ether oxygens (including phenoxy) is 2. The average Bonchev–Trinajstić information content (AvgIpc) is 3.10. The third-order valence-electron chi connectivity index (χ3n) is 6.16. The summed E-state index contributed by atoms with van der Waals surface area (Å²) in [6, 6.07) is 0. The van der Waals surface area contributed by atoms with Crippen molar-refractivity contribution in [2.75, 3.05) is 19.8 Å². The van der Waals surface area contributed by atoms with Gasteiger partial charge in [0.1, 0.15) is 24.4 Å². The van der Waals surface area contributed by atoms with Crippen molar-refractivity contribution in [1.29, 1.82) is 0 Å². The zero-order chi connectivity index (χ0) is 22.6. The van der Waals surface area contributed by atoms with Crippen molar-refractivity contribution in [1.82, 2.24) is 0 Å². The van der Waals surface area contributed by atoms with Crippen molar-refractivity contribution in [3.8, 4) is 0 Å². The Hall–Kier alpha value is -0.460. The van der Waals surface area contributed by atoms with E-state index in [9.17, 15) is 15.3 Å².